The number of hydrogen-bond donors (Lipinski definition) is 2. The summed E-state index contributed by atoms with van der Waals surface area (Å²) in [6.07, 6.45) is 1.67. The van der Waals surface area contributed by atoms with Crippen LogP contribution in [0.4, 0.5) is 0 Å². The number of rotatable bonds is 2. The normalized spacial score (nSPS) is 24.9. The van der Waals surface area contributed by atoms with Crippen molar-refractivity contribution in [3.05, 3.63) is 65.2 Å². The van der Waals surface area contributed by atoms with Crippen molar-refractivity contribution in [2.45, 2.75) is 51.3 Å². The highest BCUT2D eigenvalue weighted by molar-refractivity contribution is 5.98. The molecule has 4 heteroatoms. The van der Waals surface area contributed by atoms with E-state index in [0.717, 1.165) is 32.5 Å². The van der Waals surface area contributed by atoms with Crippen LogP contribution in [0.1, 0.15) is 55.1 Å². The van der Waals surface area contributed by atoms with Crippen molar-refractivity contribution in [1.82, 2.24) is 5.32 Å². The number of piperidine rings is 1. The van der Waals surface area contributed by atoms with Gasteiger partial charge in [0.2, 0.25) is 0 Å². The van der Waals surface area contributed by atoms with E-state index in [0.29, 0.717) is 11.3 Å². The zero-order chi connectivity index (χ0) is 19.1. The average Bonchev–Trinajstić information content (AvgIpc) is 2.64. The number of carbonyl (C=O) groups is 1. The maximum atomic E-state index is 12.4. The summed E-state index contributed by atoms with van der Waals surface area (Å²) in [5.74, 6) is 0.695. The molecule has 2 N–H and O–H groups in total. The minimum Gasteiger partial charge on any atom is -0.467 e. The lowest BCUT2D eigenvalue weighted by Gasteiger charge is -2.43. The fraction of sp³-hybridized carbons (Fsp3) is 0.435. The van der Waals surface area contributed by atoms with Crippen molar-refractivity contribution < 1.29 is 14.4 Å². The van der Waals surface area contributed by atoms with E-state index >= 15 is 0 Å². The van der Waals surface area contributed by atoms with Gasteiger partial charge in [-0.3, -0.25) is 4.79 Å². The van der Waals surface area contributed by atoms with Crippen LogP contribution in [-0.4, -0.2) is 24.7 Å². The van der Waals surface area contributed by atoms with Gasteiger partial charge in [0.05, 0.1) is 31.5 Å². The number of quaternary nitrogens is 1. The summed E-state index contributed by atoms with van der Waals surface area (Å²) in [4.78, 5) is 14.0. The largest absolute Gasteiger partial charge is 0.467 e. The Bertz CT molecular complexity index is 828. The third kappa shape index (κ3) is 3.72. The van der Waals surface area contributed by atoms with Gasteiger partial charge in [0, 0.05) is 5.56 Å². The van der Waals surface area contributed by atoms with Gasteiger partial charge in [-0.05, 0) is 23.1 Å². The molecule has 4 nitrogen and oxygen atoms in total. The highest BCUT2D eigenvalue weighted by Crippen LogP contribution is 2.31. The Morgan fingerprint density at radius 3 is 2.37 bits per heavy atom. The van der Waals surface area contributed by atoms with E-state index in [1.807, 2.05) is 24.3 Å². The number of nitrogens with one attached hydrogen (secondary N) is 2. The highest BCUT2D eigenvalue weighted by Gasteiger charge is 2.43. The quantitative estimate of drug-likeness (QED) is 0.859. The van der Waals surface area contributed by atoms with Crippen LogP contribution in [0.5, 0.6) is 5.75 Å². The second-order valence-corrected chi connectivity index (χ2v) is 8.92. The van der Waals surface area contributed by atoms with Gasteiger partial charge >= 0.3 is 0 Å². The molecule has 2 aliphatic heterocycles. The van der Waals surface area contributed by atoms with Gasteiger partial charge in [0.15, 0.2) is 5.72 Å². The Kier molecular flexibility index (Phi) is 4.47. The first-order valence-corrected chi connectivity index (χ1v) is 9.88. The van der Waals surface area contributed by atoms with E-state index in [9.17, 15) is 4.79 Å². The molecule has 2 heterocycles. The summed E-state index contributed by atoms with van der Waals surface area (Å²) in [5, 5.41) is 3.12. The zero-order valence-electron chi connectivity index (χ0n) is 16.5. The topological polar surface area (TPSA) is 42.8 Å². The molecule has 142 valence electrons. The molecule has 0 atom stereocenters. The van der Waals surface area contributed by atoms with Crippen molar-refractivity contribution in [1.29, 1.82) is 0 Å². The number of hydrogen-bond acceptors (Lipinski definition) is 2. The van der Waals surface area contributed by atoms with Gasteiger partial charge < -0.3 is 15.0 Å². The van der Waals surface area contributed by atoms with E-state index in [4.69, 9.17) is 4.74 Å². The lowest BCUT2D eigenvalue weighted by atomic mass is 9.86. The minimum atomic E-state index is -0.537. The molecule has 0 aromatic heterocycles. The van der Waals surface area contributed by atoms with Crippen molar-refractivity contribution in [3.8, 4) is 5.75 Å². The standard InChI is InChI=1S/C23H28N2O2/c1-22(2,3)18-10-8-17(9-11-18)16-25-14-12-23(13-15-25)24-21(26)19-6-4-5-7-20(19)27-23/h4-11H,12-16H2,1-3H3,(H,24,26)/p+1. The van der Waals surface area contributed by atoms with E-state index in [-0.39, 0.29) is 11.3 Å². The SMILES string of the molecule is CC(C)(C)c1ccc(C[NH+]2CCC3(CC2)NC(=O)c2ccccc2O3)cc1. The molecule has 27 heavy (non-hydrogen) atoms. The summed E-state index contributed by atoms with van der Waals surface area (Å²) < 4.78 is 6.24. The maximum absolute atomic E-state index is 12.4. The summed E-state index contributed by atoms with van der Waals surface area (Å²) in [6, 6.07) is 16.5. The number of benzene rings is 2. The van der Waals surface area contributed by atoms with Gasteiger partial charge in [-0.1, -0.05) is 57.2 Å². The Morgan fingerprint density at radius 1 is 1.04 bits per heavy atom. The van der Waals surface area contributed by atoms with Crippen molar-refractivity contribution in [2.75, 3.05) is 13.1 Å². The molecule has 4 rings (SSSR count). The fourth-order valence-electron chi connectivity index (χ4n) is 4.08. The first-order valence-electron chi connectivity index (χ1n) is 9.88. The maximum Gasteiger partial charge on any atom is 0.258 e. The van der Waals surface area contributed by atoms with Gasteiger partial charge in [0.25, 0.3) is 5.91 Å². The van der Waals surface area contributed by atoms with Gasteiger partial charge in [0.1, 0.15) is 12.3 Å². The lowest BCUT2D eigenvalue weighted by molar-refractivity contribution is -0.921. The van der Waals surface area contributed by atoms with Gasteiger partial charge in [-0.15, -0.1) is 0 Å². The summed E-state index contributed by atoms with van der Waals surface area (Å²) in [6.45, 7) is 9.73. The van der Waals surface area contributed by atoms with Crippen LogP contribution in [-0.2, 0) is 12.0 Å². The van der Waals surface area contributed by atoms with E-state index in [1.54, 1.807) is 4.90 Å². The smallest absolute Gasteiger partial charge is 0.258 e. The number of amides is 1. The molecule has 0 saturated carbocycles. The minimum absolute atomic E-state index is 0.0157. The number of likely N-dealkylation sites (tertiary alicyclic amines) is 1. The predicted molar refractivity (Wildman–Crippen MR) is 106 cm³/mol. The van der Waals surface area contributed by atoms with E-state index < -0.39 is 5.72 Å². The molecule has 2 aromatic carbocycles. The van der Waals surface area contributed by atoms with Crippen LogP contribution in [0.2, 0.25) is 0 Å². The zero-order valence-corrected chi connectivity index (χ0v) is 16.5. The van der Waals surface area contributed by atoms with Crippen LogP contribution in [0.25, 0.3) is 0 Å². The number of carbonyl (C=O) groups excluding carboxylic acids is 1. The lowest BCUT2D eigenvalue weighted by Crippen LogP contribution is -3.12. The van der Waals surface area contributed by atoms with Crippen LogP contribution in [0.15, 0.2) is 48.5 Å². The molecule has 1 fully saturated rings. The molecular weight excluding hydrogens is 336 g/mol. The average molecular weight is 365 g/mol. The molecule has 1 amide bonds. The van der Waals surface area contributed by atoms with Crippen molar-refractivity contribution in [2.24, 2.45) is 0 Å². The molecule has 0 aliphatic carbocycles. The summed E-state index contributed by atoms with van der Waals surface area (Å²) >= 11 is 0. The summed E-state index contributed by atoms with van der Waals surface area (Å²) in [7, 11) is 0. The van der Waals surface area contributed by atoms with E-state index in [1.165, 1.54) is 11.1 Å². The Labute approximate surface area is 161 Å². The highest BCUT2D eigenvalue weighted by atomic mass is 16.5. The number of fused-ring (bicyclic) bond motifs is 1. The Hall–Kier alpha value is -2.33. The van der Waals surface area contributed by atoms with Crippen molar-refractivity contribution in [3.63, 3.8) is 0 Å². The third-order valence-electron chi connectivity index (χ3n) is 5.82. The van der Waals surface area contributed by atoms with E-state index in [2.05, 4.69) is 50.4 Å². The molecule has 0 radical (unpaired) electrons. The molecule has 0 bridgehead atoms. The molecule has 1 saturated heterocycles. The van der Waals surface area contributed by atoms with Gasteiger partial charge in [-0.25, -0.2) is 0 Å². The second kappa shape index (κ2) is 6.68. The Morgan fingerprint density at radius 2 is 1.70 bits per heavy atom. The predicted octanol–water partition coefficient (Wildman–Crippen LogP) is 2.68. The number of ether oxygens (including phenoxy) is 1. The third-order valence-corrected chi connectivity index (χ3v) is 5.82. The molecule has 0 unspecified atom stereocenters. The monoisotopic (exact) mass is 365 g/mol. The Balaban J connectivity index is 1.39. The van der Waals surface area contributed by atoms with Crippen LogP contribution < -0.4 is 15.0 Å². The molecular formula is C23H29N2O2+. The van der Waals surface area contributed by atoms with Crippen molar-refractivity contribution >= 4 is 5.91 Å². The molecule has 2 aliphatic rings. The number of para-hydroxylation sites is 1. The first-order chi connectivity index (χ1) is 12.8. The first kappa shape index (κ1) is 18.1. The van der Waals surface area contributed by atoms with Crippen LogP contribution >= 0.6 is 0 Å². The molecule has 2 aromatic rings. The van der Waals surface area contributed by atoms with Gasteiger partial charge in [-0.2, -0.15) is 0 Å². The van der Waals surface area contributed by atoms with Crippen LogP contribution in [0.3, 0.4) is 0 Å². The summed E-state index contributed by atoms with van der Waals surface area (Å²) in [5.41, 5.74) is 3.03. The second-order valence-electron chi connectivity index (χ2n) is 8.92. The van der Waals surface area contributed by atoms with Crippen LogP contribution in [0, 0.1) is 0 Å². The fourth-order valence-corrected chi connectivity index (χ4v) is 4.08. The molecule has 1 spiro atoms.